The Morgan fingerprint density at radius 1 is 1.00 bits per heavy atom. The number of aromatic nitrogens is 5. The zero-order valence-electron chi connectivity index (χ0n) is 19.5. The number of hydrogen-bond acceptors (Lipinski definition) is 5. The molecule has 0 saturated heterocycles. The van der Waals surface area contributed by atoms with Crippen LogP contribution in [0, 0.1) is 0 Å². The van der Waals surface area contributed by atoms with Crippen LogP contribution in [0.25, 0.3) is 27.9 Å². The van der Waals surface area contributed by atoms with E-state index in [4.69, 9.17) is 4.74 Å². The highest BCUT2D eigenvalue weighted by Gasteiger charge is 2.15. The van der Waals surface area contributed by atoms with Gasteiger partial charge in [0.1, 0.15) is 18.6 Å². The molecule has 34 heavy (non-hydrogen) atoms. The molecule has 8 heteroatoms. The molecular weight excluding hydrogens is 446 g/mol. The van der Waals surface area contributed by atoms with Crippen LogP contribution < -0.4 is 4.74 Å². The van der Waals surface area contributed by atoms with Crippen LogP contribution in [0.5, 0.6) is 5.75 Å². The molecular formula is C26H28N5O2S+. The van der Waals surface area contributed by atoms with Crippen LogP contribution in [-0.4, -0.2) is 41.6 Å². The molecule has 2 aromatic carbocycles. The zero-order chi connectivity index (χ0) is 23.9. The average molecular weight is 475 g/mol. The number of fused-ring (bicyclic) bond motifs is 1. The van der Waals surface area contributed by atoms with Gasteiger partial charge >= 0.3 is 0 Å². The maximum absolute atomic E-state index is 9.91. The van der Waals surface area contributed by atoms with Crippen molar-refractivity contribution < 1.29 is 9.29 Å². The highest BCUT2D eigenvalue weighted by Crippen LogP contribution is 2.28. The van der Waals surface area contributed by atoms with Crippen molar-refractivity contribution in [1.29, 1.82) is 0 Å². The number of rotatable bonds is 7. The average Bonchev–Trinajstić information content (AvgIpc) is 3.55. The van der Waals surface area contributed by atoms with Gasteiger partial charge in [0.2, 0.25) is 0 Å². The third-order valence-electron chi connectivity index (χ3n) is 5.21. The summed E-state index contributed by atoms with van der Waals surface area (Å²) in [7, 11) is 0. The van der Waals surface area contributed by atoms with Gasteiger partial charge in [-0.15, -0.1) is 0 Å². The molecule has 1 atom stereocenters. The fourth-order valence-corrected chi connectivity index (χ4v) is 4.08. The van der Waals surface area contributed by atoms with E-state index in [1.54, 1.807) is 23.3 Å². The zero-order valence-corrected chi connectivity index (χ0v) is 20.3. The maximum Gasteiger partial charge on any atom is 0.190 e. The van der Waals surface area contributed by atoms with E-state index in [0.717, 1.165) is 45.1 Å². The summed E-state index contributed by atoms with van der Waals surface area (Å²) >= 11 is -0.787. The van der Waals surface area contributed by atoms with Crippen LogP contribution in [0.4, 0.5) is 0 Å². The van der Waals surface area contributed by atoms with Gasteiger partial charge in [0.05, 0.1) is 19.1 Å². The van der Waals surface area contributed by atoms with Crippen molar-refractivity contribution in [3.8, 4) is 28.0 Å². The van der Waals surface area contributed by atoms with Crippen molar-refractivity contribution >= 4 is 16.8 Å². The second-order valence-corrected chi connectivity index (χ2v) is 8.78. The largest absolute Gasteiger partial charge is 0.492 e. The smallest absolute Gasteiger partial charge is 0.190 e. The Bertz CT molecular complexity index is 1330. The van der Waals surface area contributed by atoms with Crippen molar-refractivity contribution in [3.63, 3.8) is 0 Å². The monoisotopic (exact) mass is 474 g/mol. The van der Waals surface area contributed by atoms with Crippen molar-refractivity contribution in [2.24, 2.45) is 0 Å². The van der Waals surface area contributed by atoms with Crippen molar-refractivity contribution in [1.82, 2.24) is 24.1 Å². The van der Waals surface area contributed by atoms with Crippen LogP contribution in [0.2, 0.25) is 0 Å². The number of hydrogen-bond donors (Lipinski definition) is 1. The number of nitrogens with zero attached hydrogens (tertiary/aromatic N) is 5. The SMILES string of the molecule is CC.C[S+](O)c1cccc(-c2cnn3cc(-c4ccc(OCCn5ccnc5)cc4)cnc23)c1. The minimum absolute atomic E-state index is 0.579. The van der Waals surface area contributed by atoms with Gasteiger partial charge < -0.3 is 9.30 Å². The summed E-state index contributed by atoms with van der Waals surface area (Å²) < 4.78 is 19.5. The van der Waals surface area contributed by atoms with E-state index in [1.807, 2.05) is 91.7 Å². The van der Waals surface area contributed by atoms with Gasteiger partial charge in [-0.1, -0.05) is 38.1 Å². The van der Waals surface area contributed by atoms with E-state index in [2.05, 4.69) is 15.1 Å². The molecule has 3 heterocycles. The lowest BCUT2D eigenvalue weighted by Gasteiger charge is -2.08. The summed E-state index contributed by atoms with van der Waals surface area (Å²) in [6.07, 6.45) is 12.9. The van der Waals surface area contributed by atoms with Gasteiger partial charge in [0.25, 0.3) is 0 Å². The Labute approximate surface area is 202 Å². The molecule has 5 rings (SSSR count). The lowest BCUT2D eigenvalue weighted by molar-refractivity contribution is 0.298. The van der Waals surface area contributed by atoms with E-state index >= 15 is 0 Å². The maximum atomic E-state index is 9.91. The lowest BCUT2D eigenvalue weighted by Crippen LogP contribution is -2.06. The normalized spacial score (nSPS) is 11.6. The van der Waals surface area contributed by atoms with Gasteiger partial charge in [0, 0.05) is 42.0 Å². The molecule has 0 saturated carbocycles. The molecule has 5 aromatic rings. The summed E-state index contributed by atoms with van der Waals surface area (Å²) in [6, 6.07) is 15.8. The molecule has 0 aliphatic heterocycles. The number of ether oxygens (including phenoxy) is 1. The molecule has 0 radical (unpaired) electrons. The summed E-state index contributed by atoms with van der Waals surface area (Å²) in [5.41, 5.74) is 4.71. The lowest BCUT2D eigenvalue weighted by atomic mass is 10.1. The first-order valence-corrected chi connectivity index (χ1v) is 12.7. The highest BCUT2D eigenvalue weighted by atomic mass is 32.2. The third-order valence-corrected chi connectivity index (χ3v) is 6.14. The minimum atomic E-state index is -0.787. The van der Waals surface area contributed by atoms with Crippen LogP contribution in [-0.2, 0) is 17.7 Å². The molecule has 3 aromatic heterocycles. The predicted molar refractivity (Wildman–Crippen MR) is 137 cm³/mol. The van der Waals surface area contributed by atoms with Gasteiger partial charge in [0.15, 0.2) is 21.7 Å². The van der Waals surface area contributed by atoms with E-state index in [9.17, 15) is 4.55 Å². The van der Waals surface area contributed by atoms with Gasteiger partial charge in [-0.25, -0.2) is 14.5 Å². The molecule has 174 valence electrons. The Balaban J connectivity index is 0.00000133. The molecule has 0 aliphatic rings. The minimum Gasteiger partial charge on any atom is -0.492 e. The van der Waals surface area contributed by atoms with Crippen molar-refractivity contribution in [2.45, 2.75) is 25.3 Å². The first-order valence-electron chi connectivity index (χ1n) is 11.2. The molecule has 0 aliphatic carbocycles. The third kappa shape index (κ3) is 5.30. The Morgan fingerprint density at radius 3 is 2.56 bits per heavy atom. The number of benzene rings is 2. The molecule has 0 bridgehead atoms. The van der Waals surface area contributed by atoms with Gasteiger partial charge in [-0.2, -0.15) is 9.65 Å². The molecule has 7 nitrogen and oxygen atoms in total. The summed E-state index contributed by atoms with van der Waals surface area (Å²) in [5, 5.41) is 4.50. The molecule has 0 amide bonds. The number of imidazole rings is 1. The van der Waals surface area contributed by atoms with Gasteiger partial charge in [-0.3, -0.25) is 0 Å². The molecule has 0 spiro atoms. The topological polar surface area (TPSA) is 77.5 Å². The Kier molecular flexibility index (Phi) is 7.61. The van der Waals surface area contributed by atoms with Crippen LogP contribution in [0.3, 0.4) is 0 Å². The predicted octanol–water partition coefficient (Wildman–Crippen LogP) is 5.45. The summed E-state index contributed by atoms with van der Waals surface area (Å²) in [5.74, 6) is 0.822. The van der Waals surface area contributed by atoms with Crippen LogP contribution in [0.1, 0.15) is 13.8 Å². The van der Waals surface area contributed by atoms with Crippen LogP contribution >= 0.6 is 0 Å². The van der Waals surface area contributed by atoms with E-state index in [0.29, 0.717) is 6.61 Å². The quantitative estimate of drug-likeness (QED) is 0.318. The fraction of sp³-hybridized carbons (Fsp3) is 0.192. The second-order valence-electron chi connectivity index (χ2n) is 7.35. The van der Waals surface area contributed by atoms with Gasteiger partial charge in [-0.05, 0) is 29.3 Å². The summed E-state index contributed by atoms with van der Waals surface area (Å²) in [6.45, 7) is 5.33. The van der Waals surface area contributed by atoms with Crippen molar-refractivity contribution in [2.75, 3.05) is 12.9 Å². The fourth-order valence-electron chi connectivity index (χ4n) is 3.51. The Hall–Kier alpha value is -3.62. The highest BCUT2D eigenvalue weighted by molar-refractivity contribution is 7.90. The molecule has 1 N–H and O–H groups in total. The standard InChI is InChI=1S/C24H22N5O2S.C2H6/c1-32(30)22-4-2-3-19(13-22)23-15-27-29-16-20(14-26-24(23)29)18-5-7-21(8-6-18)31-12-11-28-10-9-25-17-28;1-2/h2-10,13-17,30H,11-12H2,1H3;1-2H3/q+1;. The summed E-state index contributed by atoms with van der Waals surface area (Å²) in [4.78, 5) is 9.59. The van der Waals surface area contributed by atoms with E-state index in [-0.39, 0.29) is 0 Å². The molecule has 0 fully saturated rings. The van der Waals surface area contributed by atoms with Crippen LogP contribution in [0.15, 0.2) is 90.7 Å². The first kappa shape index (κ1) is 23.5. The van der Waals surface area contributed by atoms with E-state index in [1.165, 1.54) is 0 Å². The van der Waals surface area contributed by atoms with E-state index < -0.39 is 11.2 Å². The van der Waals surface area contributed by atoms with Crippen molar-refractivity contribution in [3.05, 3.63) is 85.8 Å². The molecule has 1 unspecified atom stereocenters. The first-order chi connectivity index (χ1) is 16.7. The Morgan fingerprint density at radius 2 is 1.82 bits per heavy atom. The second kappa shape index (κ2) is 11.0.